The summed E-state index contributed by atoms with van der Waals surface area (Å²) in [6, 6.07) is 28.3. The summed E-state index contributed by atoms with van der Waals surface area (Å²) in [7, 11) is -2.60. The Bertz CT molecular complexity index is 1680. The number of rotatable bonds is 8. The number of halogens is 2. The highest BCUT2D eigenvalue weighted by atomic mass is 35.5. The minimum atomic E-state index is -4.12. The van der Waals surface area contributed by atoms with E-state index in [-0.39, 0.29) is 27.9 Å². The molecule has 1 heterocycles. The van der Waals surface area contributed by atoms with E-state index in [9.17, 15) is 18.0 Å². The van der Waals surface area contributed by atoms with Gasteiger partial charge in [-0.25, -0.2) is 8.42 Å². The van der Waals surface area contributed by atoms with Crippen molar-refractivity contribution < 1.29 is 18.0 Å². The van der Waals surface area contributed by atoms with Crippen molar-refractivity contribution in [1.82, 2.24) is 4.90 Å². The molecule has 4 aromatic carbocycles. The van der Waals surface area contributed by atoms with Crippen LogP contribution in [-0.2, 0) is 21.4 Å². The van der Waals surface area contributed by atoms with Gasteiger partial charge in [-0.05, 0) is 54.4 Å². The lowest BCUT2D eigenvalue weighted by Crippen LogP contribution is -2.43. The zero-order chi connectivity index (χ0) is 29.1. The highest BCUT2D eigenvalue weighted by Gasteiger charge is 2.38. The first-order valence-corrected chi connectivity index (χ1v) is 15.1. The van der Waals surface area contributed by atoms with Crippen LogP contribution in [0.15, 0.2) is 108 Å². The number of nitrogens with zero attached hydrogens (tertiary/aromatic N) is 3. The van der Waals surface area contributed by atoms with E-state index < -0.39 is 22.0 Å². The van der Waals surface area contributed by atoms with Crippen LogP contribution in [0.5, 0.6) is 0 Å². The third-order valence-corrected chi connectivity index (χ3v) is 9.50. The zero-order valence-corrected chi connectivity index (χ0v) is 24.5. The fourth-order valence-electron chi connectivity index (χ4n) is 4.88. The lowest BCUT2D eigenvalue weighted by atomic mass is 10.1. The second-order valence-electron chi connectivity index (χ2n) is 9.64. The highest BCUT2D eigenvalue weighted by Crippen LogP contribution is 2.32. The highest BCUT2D eigenvalue weighted by molar-refractivity contribution is 7.92. The van der Waals surface area contributed by atoms with Gasteiger partial charge in [0.25, 0.3) is 15.9 Å². The first-order valence-electron chi connectivity index (χ1n) is 12.9. The SMILES string of the molecule is CN(C(=O)c1cc(S(=O)(=O)N(Cc2ccccc2)c2ccccc2)ccc1Cl)C1CCN(c2ccccc2Cl)C1=O. The van der Waals surface area contributed by atoms with Crippen LogP contribution in [0.3, 0.4) is 0 Å². The second-order valence-corrected chi connectivity index (χ2v) is 12.3. The summed E-state index contributed by atoms with van der Waals surface area (Å²) >= 11 is 12.7. The average Bonchev–Trinajstić information content (AvgIpc) is 3.37. The molecule has 0 saturated carbocycles. The van der Waals surface area contributed by atoms with Gasteiger partial charge in [-0.1, -0.05) is 83.9 Å². The van der Waals surface area contributed by atoms with E-state index in [4.69, 9.17) is 23.2 Å². The van der Waals surface area contributed by atoms with Crippen molar-refractivity contribution in [2.75, 3.05) is 22.8 Å². The molecular weight excluding hydrogens is 581 g/mol. The number of hydrogen-bond acceptors (Lipinski definition) is 4. The molecule has 210 valence electrons. The summed E-state index contributed by atoms with van der Waals surface area (Å²) in [5.74, 6) is -0.826. The number of sulfonamides is 1. The van der Waals surface area contributed by atoms with Crippen LogP contribution in [0, 0.1) is 0 Å². The fraction of sp³-hybridized carbons (Fsp3) is 0.161. The number of amides is 2. The van der Waals surface area contributed by atoms with E-state index in [1.54, 1.807) is 53.4 Å². The average molecular weight is 609 g/mol. The molecule has 0 radical (unpaired) electrons. The van der Waals surface area contributed by atoms with Gasteiger partial charge in [0.05, 0.1) is 38.4 Å². The van der Waals surface area contributed by atoms with Crippen LogP contribution in [0.1, 0.15) is 22.3 Å². The smallest absolute Gasteiger partial charge is 0.264 e. The molecule has 0 aliphatic carbocycles. The Morgan fingerprint density at radius 3 is 2.20 bits per heavy atom. The van der Waals surface area contributed by atoms with Crippen LogP contribution >= 0.6 is 23.2 Å². The zero-order valence-electron chi connectivity index (χ0n) is 22.2. The summed E-state index contributed by atoms with van der Waals surface area (Å²) in [5.41, 5.74) is 1.85. The second kappa shape index (κ2) is 11.9. The summed E-state index contributed by atoms with van der Waals surface area (Å²) in [4.78, 5) is 29.7. The van der Waals surface area contributed by atoms with Gasteiger partial charge in [-0.3, -0.25) is 13.9 Å². The van der Waals surface area contributed by atoms with E-state index >= 15 is 0 Å². The van der Waals surface area contributed by atoms with Crippen molar-refractivity contribution >= 4 is 56.4 Å². The van der Waals surface area contributed by atoms with Crippen molar-refractivity contribution in [3.63, 3.8) is 0 Å². The Labute approximate surface area is 249 Å². The molecule has 1 aliphatic heterocycles. The van der Waals surface area contributed by atoms with Gasteiger partial charge in [0.15, 0.2) is 0 Å². The molecule has 1 unspecified atom stereocenters. The predicted octanol–water partition coefficient (Wildman–Crippen LogP) is 6.27. The van der Waals surface area contributed by atoms with Crippen LogP contribution in [0.4, 0.5) is 11.4 Å². The number of carbonyl (C=O) groups excluding carboxylic acids is 2. The predicted molar refractivity (Wildman–Crippen MR) is 162 cm³/mol. The van der Waals surface area contributed by atoms with Gasteiger partial charge >= 0.3 is 0 Å². The quantitative estimate of drug-likeness (QED) is 0.237. The standard InChI is InChI=1S/C31H27Cl2N3O4S/c1-34(29-18-19-35(31(29)38)28-15-9-8-14-27(28)33)30(37)25-20-24(16-17-26(25)32)41(39,40)36(23-12-6-3-7-13-23)21-22-10-4-2-5-11-22/h2-17,20,29H,18-19,21H2,1H3. The van der Waals surface area contributed by atoms with Crippen molar-refractivity contribution in [2.45, 2.75) is 23.9 Å². The molecule has 10 heteroatoms. The number of para-hydroxylation sites is 2. The molecule has 4 aromatic rings. The molecule has 41 heavy (non-hydrogen) atoms. The maximum atomic E-state index is 14.0. The normalized spacial score (nSPS) is 15.1. The number of likely N-dealkylation sites (N-methyl/N-ethyl adjacent to an activating group) is 1. The molecule has 1 fully saturated rings. The minimum Gasteiger partial charge on any atom is -0.330 e. The fourth-order valence-corrected chi connectivity index (χ4v) is 6.80. The molecule has 7 nitrogen and oxygen atoms in total. The van der Waals surface area contributed by atoms with E-state index in [1.165, 1.54) is 34.5 Å². The Morgan fingerprint density at radius 1 is 0.878 bits per heavy atom. The number of anilines is 2. The summed E-state index contributed by atoms with van der Waals surface area (Å²) in [6.45, 7) is 0.478. The molecule has 0 bridgehead atoms. The topological polar surface area (TPSA) is 78.0 Å². The Morgan fingerprint density at radius 2 is 1.51 bits per heavy atom. The maximum absolute atomic E-state index is 14.0. The van der Waals surface area contributed by atoms with Crippen molar-refractivity contribution in [2.24, 2.45) is 0 Å². The molecule has 1 atom stereocenters. The minimum absolute atomic E-state index is 0.00745. The Balaban J connectivity index is 1.45. The Hall–Kier alpha value is -3.85. The van der Waals surface area contributed by atoms with Crippen LogP contribution in [-0.4, -0.2) is 44.8 Å². The number of carbonyl (C=O) groups is 2. The van der Waals surface area contributed by atoms with E-state index in [2.05, 4.69) is 0 Å². The molecular formula is C31H27Cl2N3O4S. The van der Waals surface area contributed by atoms with E-state index in [1.807, 2.05) is 36.4 Å². The first-order chi connectivity index (χ1) is 19.7. The molecule has 0 N–H and O–H groups in total. The molecule has 5 rings (SSSR count). The lowest BCUT2D eigenvalue weighted by molar-refractivity contribution is -0.120. The lowest BCUT2D eigenvalue weighted by Gasteiger charge is -2.26. The van der Waals surface area contributed by atoms with Gasteiger partial charge in [0, 0.05) is 13.6 Å². The van der Waals surface area contributed by atoms with E-state index in [0.717, 1.165) is 5.56 Å². The van der Waals surface area contributed by atoms with Gasteiger partial charge in [-0.15, -0.1) is 0 Å². The number of benzene rings is 4. The van der Waals surface area contributed by atoms with Gasteiger partial charge in [0.1, 0.15) is 6.04 Å². The molecule has 0 aromatic heterocycles. The van der Waals surface area contributed by atoms with Gasteiger partial charge < -0.3 is 9.80 Å². The van der Waals surface area contributed by atoms with Crippen molar-refractivity contribution in [3.05, 3.63) is 124 Å². The van der Waals surface area contributed by atoms with Gasteiger partial charge in [-0.2, -0.15) is 0 Å². The summed E-state index contributed by atoms with van der Waals surface area (Å²) < 4.78 is 29.3. The monoisotopic (exact) mass is 607 g/mol. The maximum Gasteiger partial charge on any atom is 0.264 e. The molecule has 0 spiro atoms. The third kappa shape index (κ3) is 5.81. The van der Waals surface area contributed by atoms with Gasteiger partial charge in [0.2, 0.25) is 5.91 Å². The third-order valence-electron chi connectivity index (χ3n) is 7.08. The molecule has 1 aliphatic rings. The van der Waals surface area contributed by atoms with Crippen LogP contribution in [0.2, 0.25) is 10.0 Å². The van der Waals surface area contributed by atoms with Crippen molar-refractivity contribution in [1.29, 1.82) is 0 Å². The molecule has 1 saturated heterocycles. The van der Waals surface area contributed by atoms with Crippen LogP contribution < -0.4 is 9.21 Å². The Kier molecular flexibility index (Phi) is 8.35. The summed E-state index contributed by atoms with van der Waals surface area (Å²) in [5, 5.41) is 0.526. The largest absolute Gasteiger partial charge is 0.330 e. The first kappa shape index (κ1) is 28.7. The number of hydrogen-bond donors (Lipinski definition) is 0. The molecule has 2 amide bonds. The van der Waals surface area contributed by atoms with E-state index in [0.29, 0.717) is 29.4 Å². The van der Waals surface area contributed by atoms with Crippen molar-refractivity contribution in [3.8, 4) is 0 Å². The summed E-state index contributed by atoms with van der Waals surface area (Å²) in [6.07, 6.45) is 0.390. The van der Waals surface area contributed by atoms with Crippen LogP contribution in [0.25, 0.3) is 0 Å².